The Balaban J connectivity index is 1.57. The highest BCUT2D eigenvalue weighted by Gasteiger charge is 2.19. The Morgan fingerprint density at radius 1 is 1.10 bits per heavy atom. The smallest absolute Gasteiger partial charge is 0.260 e. The summed E-state index contributed by atoms with van der Waals surface area (Å²) < 4.78 is 7.76. The molecule has 0 unspecified atom stereocenters. The van der Waals surface area contributed by atoms with Gasteiger partial charge in [-0.15, -0.1) is 11.3 Å². The molecule has 6 heteroatoms. The minimum Gasteiger partial charge on any atom is -0.493 e. The van der Waals surface area contributed by atoms with Crippen molar-refractivity contribution in [3.8, 4) is 17.0 Å². The Morgan fingerprint density at radius 2 is 1.93 bits per heavy atom. The van der Waals surface area contributed by atoms with Gasteiger partial charge in [-0.2, -0.15) is 0 Å². The number of carbonyl (C=O) groups excluding carboxylic acids is 1. The van der Waals surface area contributed by atoms with Gasteiger partial charge in [0, 0.05) is 23.3 Å². The van der Waals surface area contributed by atoms with Crippen LogP contribution in [0.25, 0.3) is 27.0 Å². The number of ether oxygens (including phenoxy) is 1. The van der Waals surface area contributed by atoms with Crippen LogP contribution in [0.4, 0.5) is 5.69 Å². The van der Waals surface area contributed by atoms with Crippen LogP contribution in [-0.4, -0.2) is 21.9 Å². The number of nitrogens with zero attached hydrogens (tertiary/aromatic N) is 2. The maximum atomic E-state index is 13.4. The number of hydrogen-bond acceptors (Lipinski definition) is 4. The molecule has 1 amide bonds. The molecule has 5 rings (SSSR count). The summed E-state index contributed by atoms with van der Waals surface area (Å²) in [7, 11) is 0. The summed E-state index contributed by atoms with van der Waals surface area (Å²) in [5.41, 5.74) is 2.94. The van der Waals surface area contributed by atoms with Gasteiger partial charge < -0.3 is 10.1 Å². The lowest BCUT2D eigenvalue weighted by atomic mass is 10.0. The summed E-state index contributed by atoms with van der Waals surface area (Å²) in [5.74, 6) is 0.373. The number of aromatic nitrogens is 2. The highest BCUT2D eigenvalue weighted by atomic mass is 32.1. The molecule has 2 aromatic heterocycles. The third kappa shape index (κ3) is 3.21. The van der Waals surface area contributed by atoms with Gasteiger partial charge in [0.15, 0.2) is 4.96 Å². The van der Waals surface area contributed by atoms with Gasteiger partial charge in [0.05, 0.1) is 23.6 Å². The minimum atomic E-state index is -0.205. The number of nitrogens with one attached hydrogen (secondary N) is 1. The van der Waals surface area contributed by atoms with Crippen LogP contribution in [0.3, 0.4) is 0 Å². The fourth-order valence-corrected chi connectivity index (χ4v) is 4.32. The van der Waals surface area contributed by atoms with E-state index in [-0.39, 0.29) is 5.91 Å². The lowest BCUT2D eigenvalue weighted by molar-refractivity contribution is 0.102. The highest BCUT2D eigenvalue weighted by molar-refractivity contribution is 7.15. The number of hydrogen-bond donors (Lipinski definition) is 1. The summed E-state index contributed by atoms with van der Waals surface area (Å²) in [5, 5.41) is 6.94. The molecular weight excluding hydrogens is 394 g/mol. The molecule has 0 spiro atoms. The lowest BCUT2D eigenvalue weighted by Gasteiger charge is -2.15. The number of anilines is 1. The third-order valence-electron chi connectivity index (χ3n) is 4.96. The summed E-state index contributed by atoms with van der Waals surface area (Å²) in [6.45, 7) is 2.40. The van der Waals surface area contributed by atoms with Crippen molar-refractivity contribution in [1.29, 1.82) is 0 Å². The van der Waals surface area contributed by atoms with E-state index in [1.165, 1.54) is 0 Å². The van der Waals surface area contributed by atoms with E-state index in [0.29, 0.717) is 23.6 Å². The number of carbonyl (C=O) groups is 1. The van der Waals surface area contributed by atoms with Gasteiger partial charge in [-0.25, -0.2) is 4.98 Å². The first-order valence-corrected chi connectivity index (χ1v) is 10.6. The van der Waals surface area contributed by atoms with Crippen LogP contribution in [0, 0.1) is 0 Å². The third-order valence-corrected chi connectivity index (χ3v) is 5.73. The maximum absolute atomic E-state index is 13.4. The summed E-state index contributed by atoms with van der Waals surface area (Å²) in [6.07, 6.45) is 3.95. The lowest BCUT2D eigenvalue weighted by Crippen LogP contribution is -2.15. The molecule has 0 atom stereocenters. The molecule has 0 aliphatic carbocycles. The monoisotopic (exact) mass is 413 g/mol. The van der Waals surface area contributed by atoms with Crippen molar-refractivity contribution in [2.45, 2.75) is 6.92 Å². The van der Waals surface area contributed by atoms with Gasteiger partial charge in [-0.1, -0.05) is 48.5 Å². The van der Waals surface area contributed by atoms with Crippen LogP contribution in [0.15, 0.2) is 78.4 Å². The summed E-state index contributed by atoms with van der Waals surface area (Å²) >= 11 is 1.58. The van der Waals surface area contributed by atoms with E-state index in [1.807, 2.05) is 89.8 Å². The van der Waals surface area contributed by atoms with Gasteiger partial charge >= 0.3 is 0 Å². The van der Waals surface area contributed by atoms with E-state index < -0.39 is 0 Å². The molecule has 0 aliphatic heterocycles. The minimum absolute atomic E-state index is 0.205. The van der Waals surface area contributed by atoms with Gasteiger partial charge in [0.1, 0.15) is 5.75 Å². The first-order valence-electron chi connectivity index (χ1n) is 9.72. The average Bonchev–Trinajstić information content (AvgIpc) is 3.36. The van der Waals surface area contributed by atoms with Crippen LogP contribution in [0.1, 0.15) is 17.3 Å². The second-order valence-corrected chi connectivity index (χ2v) is 7.68. The largest absolute Gasteiger partial charge is 0.493 e. The van der Waals surface area contributed by atoms with Gasteiger partial charge in [-0.3, -0.25) is 9.20 Å². The quantitative estimate of drug-likeness (QED) is 0.392. The average molecular weight is 414 g/mol. The zero-order chi connectivity index (χ0) is 20.5. The Hall–Kier alpha value is -3.64. The number of benzene rings is 3. The summed E-state index contributed by atoms with van der Waals surface area (Å²) in [6, 6.07) is 19.4. The molecule has 2 heterocycles. The fraction of sp³-hybridized carbons (Fsp3) is 0.0833. The van der Waals surface area contributed by atoms with Crippen molar-refractivity contribution in [3.63, 3.8) is 0 Å². The van der Waals surface area contributed by atoms with E-state index in [0.717, 1.165) is 27.0 Å². The van der Waals surface area contributed by atoms with Gasteiger partial charge in [0.25, 0.3) is 5.91 Å². The summed E-state index contributed by atoms with van der Waals surface area (Å²) in [4.78, 5) is 19.0. The molecule has 5 aromatic rings. The second kappa shape index (κ2) is 7.65. The van der Waals surface area contributed by atoms with Crippen molar-refractivity contribution >= 4 is 38.7 Å². The molecule has 148 valence electrons. The zero-order valence-electron chi connectivity index (χ0n) is 16.3. The van der Waals surface area contributed by atoms with Crippen molar-refractivity contribution in [2.75, 3.05) is 11.9 Å². The van der Waals surface area contributed by atoms with E-state index in [9.17, 15) is 4.79 Å². The molecule has 30 heavy (non-hydrogen) atoms. The van der Waals surface area contributed by atoms with Crippen molar-refractivity contribution in [3.05, 3.63) is 84.0 Å². The normalized spacial score (nSPS) is 11.1. The second-order valence-electron chi connectivity index (χ2n) is 6.81. The predicted molar refractivity (Wildman–Crippen MR) is 122 cm³/mol. The topological polar surface area (TPSA) is 55.6 Å². The van der Waals surface area contributed by atoms with E-state index in [1.54, 1.807) is 11.3 Å². The molecule has 0 aliphatic rings. The molecule has 3 aromatic carbocycles. The van der Waals surface area contributed by atoms with Crippen LogP contribution < -0.4 is 10.1 Å². The molecule has 1 N–H and O–H groups in total. The van der Waals surface area contributed by atoms with Crippen LogP contribution in [-0.2, 0) is 0 Å². The number of imidazole rings is 1. The SMILES string of the molecule is CCOc1ccc2ccccc2c1C(=O)Nc1ccccc1-c1cn2ccsc2n1. The molecular formula is C24H19N3O2S. The predicted octanol–water partition coefficient (Wildman–Crippen LogP) is 5.87. The molecule has 0 saturated heterocycles. The Labute approximate surface area is 177 Å². The number of amides is 1. The number of thiazole rings is 1. The molecule has 0 radical (unpaired) electrons. The number of para-hydroxylation sites is 1. The highest BCUT2D eigenvalue weighted by Crippen LogP contribution is 2.32. The Morgan fingerprint density at radius 3 is 2.80 bits per heavy atom. The standard InChI is InChI=1S/C24H19N3O2S/c1-2-29-21-12-11-16-7-3-4-8-17(16)22(21)23(28)25-19-10-6-5-9-18(19)20-15-27-13-14-30-24(27)26-20/h3-15H,2H2,1H3,(H,25,28). The van der Waals surface area contributed by atoms with Crippen LogP contribution in [0.2, 0.25) is 0 Å². The van der Waals surface area contributed by atoms with E-state index in [2.05, 4.69) is 10.3 Å². The maximum Gasteiger partial charge on any atom is 0.260 e. The van der Waals surface area contributed by atoms with Gasteiger partial charge in [-0.05, 0) is 29.8 Å². The van der Waals surface area contributed by atoms with Gasteiger partial charge in [0.2, 0.25) is 0 Å². The van der Waals surface area contributed by atoms with Crippen LogP contribution in [0.5, 0.6) is 5.75 Å². The van der Waals surface area contributed by atoms with E-state index in [4.69, 9.17) is 4.74 Å². The zero-order valence-corrected chi connectivity index (χ0v) is 17.1. The fourth-order valence-electron chi connectivity index (χ4n) is 3.62. The molecule has 0 bridgehead atoms. The Bertz CT molecular complexity index is 1340. The van der Waals surface area contributed by atoms with E-state index >= 15 is 0 Å². The van der Waals surface area contributed by atoms with Crippen LogP contribution >= 0.6 is 11.3 Å². The molecule has 5 nitrogen and oxygen atoms in total. The molecule has 0 fully saturated rings. The first-order chi connectivity index (χ1) is 14.7. The van der Waals surface area contributed by atoms with Crippen molar-refractivity contribution in [1.82, 2.24) is 9.38 Å². The molecule has 0 saturated carbocycles. The number of rotatable bonds is 5. The number of fused-ring (bicyclic) bond motifs is 2. The first kappa shape index (κ1) is 18.4. The Kier molecular flexibility index (Phi) is 4.69. The van der Waals surface area contributed by atoms with Crippen molar-refractivity contribution in [2.24, 2.45) is 0 Å². The van der Waals surface area contributed by atoms with Crippen molar-refractivity contribution < 1.29 is 9.53 Å².